The van der Waals surface area contributed by atoms with Crippen molar-refractivity contribution in [3.63, 3.8) is 0 Å². The molecule has 170 valence electrons. The molecule has 0 aliphatic heterocycles. The minimum absolute atomic E-state index is 0.389. The highest BCUT2D eigenvalue weighted by Crippen LogP contribution is 2.46. The van der Waals surface area contributed by atoms with Crippen LogP contribution in [0.3, 0.4) is 0 Å². The third-order valence-corrected chi connectivity index (χ3v) is 3.88. The highest BCUT2D eigenvalue weighted by atomic mass is 19.4. The third kappa shape index (κ3) is 6.92. The number of hydrogen-bond donors (Lipinski definition) is 2. The number of hydrogen-bond acceptors (Lipinski definition) is 5. The van der Waals surface area contributed by atoms with E-state index in [0.29, 0.717) is 6.42 Å². The fraction of sp³-hybridized carbons (Fsp3) is 0.800. The van der Waals surface area contributed by atoms with Gasteiger partial charge in [-0.05, 0) is 12.8 Å². The lowest BCUT2D eigenvalue weighted by Gasteiger charge is -2.28. The number of carbonyl (C=O) groups excluding carboxylic acids is 3. The molecular formula is C15H21F7N2O5. The molecule has 2 N–H and O–H groups in total. The maximum atomic E-state index is 13.2. The summed E-state index contributed by atoms with van der Waals surface area (Å²) in [6, 6.07) is -2.90. The zero-order valence-corrected chi connectivity index (χ0v) is 15.8. The van der Waals surface area contributed by atoms with Crippen molar-refractivity contribution < 1.29 is 54.6 Å². The summed E-state index contributed by atoms with van der Waals surface area (Å²) in [7, 11) is 1.03. The highest BCUT2D eigenvalue weighted by molar-refractivity contribution is 5.89. The number of nitrogens with one attached hydrogen (secondary N) is 2. The first-order valence-electron chi connectivity index (χ1n) is 8.15. The van der Waals surface area contributed by atoms with Crippen molar-refractivity contribution in [1.29, 1.82) is 0 Å². The molecule has 3 unspecified atom stereocenters. The maximum Gasteiger partial charge on any atom is 0.460 e. The van der Waals surface area contributed by atoms with Gasteiger partial charge in [-0.1, -0.05) is 20.3 Å². The van der Waals surface area contributed by atoms with Gasteiger partial charge in [-0.15, -0.1) is 0 Å². The van der Waals surface area contributed by atoms with E-state index in [4.69, 9.17) is 0 Å². The lowest BCUT2D eigenvalue weighted by molar-refractivity contribution is -0.359. The molecule has 0 aromatic carbocycles. The molecule has 0 aromatic rings. The number of alkyl halides is 7. The molecule has 7 nitrogen and oxygen atoms in total. The second kappa shape index (κ2) is 9.96. The van der Waals surface area contributed by atoms with Crippen LogP contribution in [0.5, 0.6) is 0 Å². The SMILES string of the molecule is CCC(C)C(NC(=O)OC)C(=O)NC(C)C(=O)OCC(F)(F)C(F)(F)C(F)(F)F. The van der Waals surface area contributed by atoms with Gasteiger partial charge in [0.25, 0.3) is 0 Å². The first kappa shape index (κ1) is 26.7. The van der Waals surface area contributed by atoms with Gasteiger partial charge in [0, 0.05) is 0 Å². The minimum atomic E-state index is -6.56. The van der Waals surface area contributed by atoms with Crippen molar-refractivity contribution >= 4 is 18.0 Å². The Morgan fingerprint density at radius 3 is 1.90 bits per heavy atom. The summed E-state index contributed by atoms with van der Waals surface area (Å²) in [5.41, 5.74) is 0. The summed E-state index contributed by atoms with van der Waals surface area (Å²) in [6.07, 6.45) is -7.15. The Labute approximate surface area is 161 Å². The van der Waals surface area contributed by atoms with Crippen LogP contribution in [-0.4, -0.2) is 61.8 Å². The highest BCUT2D eigenvalue weighted by Gasteiger charge is 2.73. The van der Waals surface area contributed by atoms with Crippen molar-refractivity contribution in [1.82, 2.24) is 10.6 Å². The number of rotatable bonds is 9. The van der Waals surface area contributed by atoms with E-state index in [-0.39, 0.29) is 0 Å². The molecule has 3 atom stereocenters. The molecule has 0 rings (SSSR count). The van der Waals surface area contributed by atoms with Gasteiger partial charge >= 0.3 is 30.1 Å². The van der Waals surface area contributed by atoms with Crippen LogP contribution in [0.25, 0.3) is 0 Å². The van der Waals surface area contributed by atoms with Crippen LogP contribution in [0.4, 0.5) is 35.5 Å². The van der Waals surface area contributed by atoms with Gasteiger partial charge in [-0.3, -0.25) is 4.79 Å². The molecule has 0 fully saturated rings. The molecule has 0 saturated carbocycles. The normalized spacial score (nSPS) is 15.7. The van der Waals surface area contributed by atoms with Crippen LogP contribution in [0.2, 0.25) is 0 Å². The molecular weight excluding hydrogens is 421 g/mol. The molecule has 0 aliphatic rings. The van der Waals surface area contributed by atoms with Crippen molar-refractivity contribution in [3.8, 4) is 0 Å². The first-order chi connectivity index (χ1) is 13.0. The smallest absolute Gasteiger partial charge is 0.457 e. The van der Waals surface area contributed by atoms with Gasteiger partial charge in [0.1, 0.15) is 12.1 Å². The van der Waals surface area contributed by atoms with Crippen LogP contribution in [0.1, 0.15) is 27.2 Å². The fourth-order valence-electron chi connectivity index (χ4n) is 1.83. The van der Waals surface area contributed by atoms with Gasteiger partial charge in [-0.2, -0.15) is 30.7 Å². The number of halogens is 7. The van der Waals surface area contributed by atoms with Crippen molar-refractivity contribution in [3.05, 3.63) is 0 Å². The molecule has 0 saturated heterocycles. The molecule has 0 heterocycles. The molecule has 0 radical (unpaired) electrons. The lowest BCUT2D eigenvalue weighted by atomic mass is 9.98. The number of carbonyl (C=O) groups is 3. The summed E-state index contributed by atoms with van der Waals surface area (Å²) in [5.74, 6) is -15.3. The number of methoxy groups -OCH3 is 1. The van der Waals surface area contributed by atoms with Crippen molar-refractivity contribution in [2.45, 2.75) is 57.3 Å². The molecule has 0 bridgehead atoms. The Morgan fingerprint density at radius 2 is 1.48 bits per heavy atom. The monoisotopic (exact) mass is 442 g/mol. The molecule has 14 heteroatoms. The van der Waals surface area contributed by atoms with Gasteiger partial charge < -0.3 is 20.1 Å². The Balaban J connectivity index is 5.04. The molecule has 0 aromatic heterocycles. The number of esters is 1. The van der Waals surface area contributed by atoms with Gasteiger partial charge in [-0.25, -0.2) is 9.59 Å². The Morgan fingerprint density at radius 1 is 0.966 bits per heavy atom. The van der Waals surface area contributed by atoms with E-state index in [9.17, 15) is 45.1 Å². The second-order valence-corrected chi connectivity index (χ2v) is 6.11. The van der Waals surface area contributed by atoms with E-state index < -0.39 is 60.6 Å². The van der Waals surface area contributed by atoms with Crippen molar-refractivity contribution in [2.24, 2.45) is 5.92 Å². The van der Waals surface area contributed by atoms with Gasteiger partial charge in [0.05, 0.1) is 7.11 Å². The minimum Gasteiger partial charge on any atom is -0.457 e. The zero-order valence-electron chi connectivity index (χ0n) is 15.8. The Bertz CT molecular complexity index is 598. The molecule has 29 heavy (non-hydrogen) atoms. The average Bonchev–Trinajstić information content (AvgIpc) is 2.61. The van der Waals surface area contributed by atoms with E-state index in [1.807, 2.05) is 5.32 Å². The summed E-state index contributed by atoms with van der Waals surface area (Å²) in [4.78, 5) is 35.1. The van der Waals surface area contributed by atoms with E-state index in [2.05, 4.69) is 14.8 Å². The average molecular weight is 442 g/mol. The zero-order chi connectivity index (χ0) is 23.2. The Hall–Kier alpha value is -2.28. The standard InChI is InChI=1S/C15H21F7N2O5/c1-5-7(2)9(24-12(27)28-4)10(25)23-8(3)11(26)29-6-13(16,17)14(18,19)15(20,21)22/h7-9H,5-6H2,1-4H3,(H,23,25)(H,24,27). The quantitative estimate of drug-likeness (QED) is 0.423. The third-order valence-electron chi connectivity index (χ3n) is 3.88. The van der Waals surface area contributed by atoms with Crippen molar-refractivity contribution in [2.75, 3.05) is 13.7 Å². The van der Waals surface area contributed by atoms with Crippen LogP contribution < -0.4 is 10.6 Å². The fourth-order valence-corrected chi connectivity index (χ4v) is 1.83. The number of ether oxygens (including phenoxy) is 2. The number of alkyl carbamates (subject to hydrolysis) is 1. The summed E-state index contributed by atoms with van der Waals surface area (Å²) in [5, 5.41) is 4.18. The largest absolute Gasteiger partial charge is 0.460 e. The van der Waals surface area contributed by atoms with E-state index in [1.54, 1.807) is 13.8 Å². The summed E-state index contributed by atoms with van der Waals surface area (Å²) < 4.78 is 96.1. The van der Waals surface area contributed by atoms with Gasteiger partial charge in [0.15, 0.2) is 6.61 Å². The van der Waals surface area contributed by atoms with E-state index in [0.717, 1.165) is 14.0 Å². The molecule has 0 spiro atoms. The number of amides is 2. The van der Waals surface area contributed by atoms with Crippen LogP contribution in [0, 0.1) is 5.92 Å². The molecule has 0 aliphatic carbocycles. The second-order valence-electron chi connectivity index (χ2n) is 6.11. The molecule has 2 amide bonds. The van der Waals surface area contributed by atoms with Crippen LogP contribution >= 0.6 is 0 Å². The summed E-state index contributed by atoms with van der Waals surface area (Å²) in [6.45, 7) is 1.59. The lowest BCUT2D eigenvalue weighted by Crippen LogP contribution is -2.56. The van der Waals surface area contributed by atoms with Crippen LogP contribution in [-0.2, 0) is 19.1 Å². The van der Waals surface area contributed by atoms with E-state index in [1.165, 1.54) is 0 Å². The predicted molar refractivity (Wildman–Crippen MR) is 83.3 cm³/mol. The van der Waals surface area contributed by atoms with E-state index >= 15 is 0 Å². The first-order valence-corrected chi connectivity index (χ1v) is 8.15. The van der Waals surface area contributed by atoms with Crippen LogP contribution in [0.15, 0.2) is 0 Å². The van der Waals surface area contributed by atoms with Gasteiger partial charge in [0.2, 0.25) is 5.91 Å². The maximum absolute atomic E-state index is 13.2. The summed E-state index contributed by atoms with van der Waals surface area (Å²) >= 11 is 0. The topological polar surface area (TPSA) is 93.7 Å². The predicted octanol–water partition coefficient (Wildman–Crippen LogP) is 2.64. The Kier molecular flexibility index (Phi) is 9.18.